The second kappa shape index (κ2) is 3.73. The van der Waals surface area contributed by atoms with E-state index in [1.165, 1.54) is 11.3 Å². The van der Waals surface area contributed by atoms with Crippen LogP contribution in [0.2, 0.25) is 0 Å². The van der Waals surface area contributed by atoms with Gasteiger partial charge in [0.15, 0.2) is 0 Å². The fourth-order valence-electron chi connectivity index (χ4n) is 1.45. The van der Waals surface area contributed by atoms with E-state index in [-0.39, 0.29) is 12.2 Å². The van der Waals surface area contributed by atoms with Crippen molar-refractivity contribution in [3.05, 3.63) is 26.6 Å². The van der Waals surface area contributed by atoms with Crippen LogP contribution in [-0.2, 0) is 11.4 Å². The second-order valence-electron chi connectivity index (χ2n) is 3.29. The minimum atomic E-state index is -0.131. The Labute approximate surface area is 89.9 Å². The zero-order valence-electron chi connectivity index (χ0n) is 8.46. The van der Waals surface area contributed by atoms with Gasteiger partial charge in [0.05, 0.1) is 5.39 Å². The molecule has 2 heterocycles. The number of hydrogen-bond acceptors (Lipinski definition) is 5. The molecule has 6 heteroatoms. The molecular weight excluding hydrogens is 214 g/mol. The van der Waals surface area contributed by atoms with Crippen molar-refractivity contribution in [3.8, 4) is 0 Å². The topological polar surface area (TPSA) is 81.0 Å². The SMILES string of the molecule is Cc1sc2nc(CON)[nH]c(=O)c2c1C. The Kier molecular flexibility index (Phi) is 2.56. The van der Waals surface area contributed by atoms with Gasteiger partial charge in [-0.3, -0.25) is 9.63 Å². The number of aromatic nitrogens is 2. The van der Waals surface area contributed by atoms with Crippen molar-refractivity contribution in [1.82, 2.24) is 9.97 Å². The molecule has 0 aliphatic heterocycles. The molecule has 0 radical (unpaired) electrons. The molecule has 0 fully saturated rings. The van der Waals surface area contributed by atoms with Crippen LogP contribution in [0.5, 0.6) is 0 Å². The van der Waals surface area contributed by atoms with E-state index in [9.17, 15) is 4.79 Å². The van der Waals surface area contributed by atoms with Gasteiger partial charge in [0.2, 0.25) is 0 Å². The van der Waals surface area contributed by atoms with Gasteiger partial charge in [-0.25, -0.2) is 10.9 Å². The summed E-state index contributed by atoms with van der Waals surface area (Å²) in [5.41, 5.74) is 0.859. The summed E-state index contributed by atoms with van der Waals surface area (Å²) in [5, 5.41) is 0.665. The second-order valence-corrected chi connectivity index (χ2v) is 4.49. The Balaban J connectivity index is 2.73. The van der Waals surface area contributed by atoms with Crippen molar-refractivity contribution in [2.24, 2.45) is 5.90 Å². The number of H-pyrrole nitrogens is 1. The van der Waals surface area contributed by atoms with Crippen LogP contribution < -0.4 is 11.5 Å². The number of fused-ring (bicyclic) bond motifs is 1. The van der Waals surface area contributed by atoms with E-state index in [1.54, 1.807) is 0 Å². The van der Waals surface area contributed by atoms with Crippen LogP contribution >= 0.6 is 11.3 Å². The highest BCUT2D eigenvalue weighted by atomic mass is 32.1. The van der Waals surface area contributed by atoms with Gasteiger partial charge in [-0.15, -0.1) is 11.3 Å². The van der Waals surface area contributed by atoms with Crippen molar-refractivity contribution >= 4 is 21.6 Å². The average molecular weight is 225 g/mol. The Hall–Kier alpha value is -1.24. The number of aryl methyl sites for hydroxylation is 2. The van der Waals surface area contributed by atoms with Crippen LogP contribution in [0, 0.1) is 13.8 Å². The minimum Gasteiger partial charge on any atom is -0.308 e. The lowest BCUT2D eigenvalue weighted by molar-refractivity contribution is 0.118. The number of thiophene rings is 1. The summed E-state index contributed by atoms with van der Waals surface area (Å²) >= 11 is 1.51. The molecule has 5 nitrogen and oxygen atoms in total. The van der Waals surface area contributed by atoms with Crippen molar-refractivity contribution in [2.45, 2.75) is 20.5 Å². The fourth-order valence-corrected chi connectivity index (χ4v) is 2.50. The van der Waals surface area contributed by atoms with E-state index in [4.69, 9.17) is 5.90 Å². The summed E-state index contributed by atoms with van der Waals surface area (Å²) in [6.45, 7) is 4.01. The molecule has 3 N–H and O–H groups in total. The first kappa shape index (κ1) is 10.3. The zero-order chi connectivity index (χ0) is 11.0. The summed E-state index contributed by atoms with van der Waals surface area (Å²) in [6.07, 6.45) is 0. The molecule has 0 saturated heterocycles. The summed E-state index contributed by atoms with van der Waals surface area (Å²) in [6, 6.07) is 0. The highest BCUT2D eigenvalue weighted by molar-refractivity contribution is 7.18. The molecule has 2 aromatic heterocycles. The van der Waals surface area contributed by atoms with Crippen LogP contribution in [0.25, 0.3) is 10.2 Å². The number of nitrogens with two attached hydrogens (primary N) is 1. The van der Waals surface area contributed by atoms with Crippen LogP contribution in [-0.4, -0.2) is 9.97 Å². The van der Waals surface area contributed by atoms with Crippen LogP contribution in [0.4, 0.5) is 0 Å². The van der Waals surface area contributed by atoms with E-state index in [0.717, 1.165) is 15.3 Å². The third kappa shape index (κ3) is 1.67. The Morgan fingerprint density at radius 3 is 2.93 bits per heavy atom. The van der Waals surface area contributed by atoms with Crippen molar-refractivity contribution in [1.29, 1.82) is 0 Å². The highest BCUT2D eigenvalue weighted by Gasteiger charge is 2.11. The van der Waals surface area contributed by atoms with E-state index >= 15 is 0 Å². The first-order valence-corrected chi connectivity index (χ1v) is 5.25. The molecule has 80 valence electrons. The lowest BCUT2D eigenvalue weighted by Crippen LogP contribution is -2.13. The molecule has 0 aliphatic rings. The van der Waals surface area contributed by atoms with Gasteiger partial charge in [-0.2, -0.15) is 0 Å². The first-order valence-electron chi connectivity index (χ1n) is 4.44. The maximum absolute atomic E-state index is 11.7. The fraction of sp³-hybridized carbons (Fsp3) is 0.333. The van der Waals surface area contributed by atoms with Crippen LogP contribution in [0.1, 0.15) is 16.3 Å². The lowest BCUT2D eigenvalue weighted by atomic mass is 10.2. The van der Waals surface area contributed by atoms with Gasteiger partial charge < -0.3 is 4.98 Å². The number of nitrogens with one attached hydrogen (secondary N) is 1. The van der Waals surface area contributed by atoms with E-state index in [0.29, 0.717) is 11.2 Å². The first-order chi connectivity index (χ1) is 7.13. The predicted octanol–water partition coefficient (Wildman–Crippen LogP) is 0.992. The largest absolute Gasteiger partial charge is 0.308 e. The minimum absolute atomic E-state index is 0.112. The van der Waals surface area contributed by atoms with Crippen molar-refractivity contribution in [3.63, 3.8) is 0 Å². The number of aromatic amines is 1. The molecule has 0 aromatic carbocycles. The normalized spacial score (nSPS) is 11.1. The van der Waals surface area contributed by atoms with Crippen LogP contribution in [0.3, 0.4) is 0 Å². The quantitative estimate of drug-likeness (QED) is 0.747. The number of nitrogens with zero attached hydrogens (tertiary/aromatic N) is 1. The van der Waals surface area contributed by atoms with Gasteiger partial charge in [0.1, 0.15) is 17.3 Å². The standard InChI is InChI=1S/C9H11N3O2S/c1-4-5(2)15-9-7(4)8(13)11-6(12-9)3-14-10/h3,10H2,1-2H3,(H,11,12,13). The molecule has 0 atom stereocenters. The monoisotopic (exact) mass is 225 g/mol. The smallest absolute Gasteiger partial charge is 0.259 e. The maximum Gasteiger partial charge on any atom is 0.259 e. The molecule has 15 heavy (non-hydrogen) atoms. The van der Waals surface area contributed by atoms with Crippen LogP contribution in [0.15, 0.2) is 4.79 Å². The van der Waals surface area contributed by atoms with E-state index in [1.807, 2.05) is 13.8 Å². The molecular formula is C9H11N3O2S. The summed E-state index contributed by atoms with van der Waals surface area (Å²) in [4.78, 5) is 24.9. The van der Waals surface area contributed by atoms with Gasteiger partial charge in [-0.1, -0.05) is 0 Å². The maximum atomic E-state index is 11.7. The van der Waals surface area contributed by atoms with E-state index in [2.05, 4.69) is 14.8 Å². The third-order valence-electron chi connectivity index (χ3n) is 2.31. The molecule has 0 spiro atoms. The van der Waals surface area contributed by atoms with Gasteiger partial charge >= 0.3 is 0 Å². The van der Waals surface area contributed by atoms with E-state index < -0.39 is 0 Å². The summed E-state index contributed by atoms with van der Waals surface area (Å²) < 4.78 is 0. The number of rotatable bonds is 2. The molecule has 0 bridgehead atoms. The molecule has 0 aliphatic carbocycles. The predicted molar refractivity (Wildman–Crippen MR) is 58.7 cm³/mol. The van der Waals surface area contributed by atoms with Gasteiger partial charge in [0, 0.05) is 4.88 Å². The molecule has 0 unspecified atom stereocenters. The van der Waals surface area contributed by atoms with Crippen molar-refractivity contribution in [2.75, 3.05) is 0 Å². The Bertz CT molecular complexity index is 558. The third-order valence-corrected chi connectivity index (χ3v) is 3.41. The summed E-state index contributed by atoms with van der Waals surface area (Å²) in [7, 11) is 0. The molecule has 0 saturated carbocycles. The average Bonchev–Trinajstić information content (AvgIpc) is 2.43. The summed E-state index contributed by atoms with van der Waals surface area (Å²) in [5.74, 6) is 5.39. The molecule has 2 aromatic rings. The number of hydrogen-bond donors (Lipinski definition) is 2. The van der Waals surface area contributed by atoms with Gasteiger partial charge in [-0.05, 0) is 19.4 Å². The Morgan fingerprint density at radius 1 is 1.53 bits per heavy atom. The molecule has 0 amide bonds. The highest BCUT2D eigenvalue weighted by Crippen LogP contribution is 2.25. The Morgan fingerprint density at radius 2 is 2.27 bits per heavy atom. The molecule has 2 rings (SSSR count). The van der Waals surface area contributed by atoms with Crippen molar-refractivity contribution < 1.29 is 4.84 Å². The zero-order valence-corrected chi connectivity index (χ0v) is 9.27. The van der Waals surface area contributed by atoms with Gasteiger partial charge in [0.25, 0.3) is 5.56 Å². The lowest BCUT2D eigenvalue weighted by Gasteiger charge is -1.97.